The summed E-state index contributed by atoms with van der Waals surface area (Å²) in [6, 6.07) is 7.36. The molecule has 172 valence electrons. The molecule has 1 aromatic carbocycles. The minimum absolute atomic E-state index is 0.146. The van der Waals surface area contributed by atoms with Crippen LogP contribution in [0.1, 0.15) is 51.9 Å². The van der Waals surface area contributed by atoms with E-state index in [4.69, 9.17) is 9.47 Å². The first-order valence-electron chi connectivity index (χ1n) is 10.6. The van der Waals surface area contributed by atoms with E-state index in [1.165, 1.54) is 10.9 Å². The van der Waals surface area contributed by atoms with Gasteiger partial charge in [0, 0.05) is 24.9 Å². The van der Waals surface area contributed by atoms with Gasteiger partial charge in [-0.3, -0.25) is 9.48 Å². The zero-order chi connectivity index (χ0) is 23.1. The SMILES string of the molecule is CCOC(=O)c1nn(Cc2ccc(OC)cc2)c2c1CCN(CC1(S(C)(=O)=O)CC1)C2=O. The van der Waals surface area contributed by atoms with Crippen molar-refractivity contribution in [2.75, 3.05) is 33.1 Å². The number of hydrogen-bond donors (Lipinski definition) is 0. The van der Waals surface area contributed by atoms with Crippen molar-refractivity contribution in [3.63, 3.8) is 0 Å². The smallest absolute Gasteiger partial charge is 0.359 e. The van der Waals surface area contributed by atoms with Crippen molar-refractivity contribution in [2.45, 2.75) is 37.5 Å². The standard InChI is InChI=1S/C22H27N3O6S/c1-4-31-21(27)18-17-9-12-24(14-22(10-11-22)32(3,28)29)20(26)19(17)25(23-18)13-15-5-7-16(30-2)8-6-15/h5-8H,4,9-14H2,1-3H3. The van der Waals surface area contributed by atoms with Gasteiger partial charge in [0.15, 0.2) is 15.5 Å². The molecule has 1 fully saturated rings. The average molecular weight is 462 g/mol. The van der Waals surface area contributed by atoms with E-state index >= 15 is 0 Å². The number of esters is 1. The number of nitrogens with zero attached hydrogens (tertiary/aromatic N) is 3. The van der Waals surface area contributed by atoms with Crippen molar-refractivity contribution in [3.8, 4) is 5.75 Å². The van der Waals surface area contributed by atoms with Crippen LogP contribution in [0.4, 0.5) is 0 Å². The molecule has 0 radical (unpaired) electrons. The fourth-order valence-corrected chi connectivity index (χ4v) is 5.37. The Morgan fingerprint density at radius 2 is 1.91 bits per heavy atom. The first-order valence-corrected chi connectivity index (χ1v) is 12.5. The number of rotatable bonds is 8. The van der Waals surface area contributed by atoms with Crippen LogP contribution in [0.5, 0.6) is 5.75 Å². The lowest BCUT2D eigenvalue weighted by atomic mass is 10.0. The minimum atomic E-state index is -3.27. The lowest BCUT2D eigenvalue weighted by Crippen LogP contribution is -2.46. The van der Waals surface area contributed by atoms with Crippen LogP contribution in [0.25, 0.3) is 0 Å². The van der Waals surface area contributed by atoms with E-state index in [0.29, 0.717) is 42.8 Å². The van der Waals surface area contributed by atoms with E-state index in [0.717, 1.165) is 5.56 Å². The molecule has 4 rings (SSSR count). The molecule has 2 aromatic rings. The van der Waals surface area contributed by atoms with E-state index in [1.54, 1.807) is 18.9 Å². The van der Waals surface area contributed by atoms with Gasteiger partial charge >= 0.3 is 5.97 Å². The van der Waals surface area contributed by atoms with Crippen LogP contribution in [0.2, 0.25) is 0 Å². The quantitative estimate of drug-likeness (QED) is 0.551. The van der Waals surface area contributed by atoms with Gasteiger partial charge in [-0.15, -0.1) is 0 Å². The third-order valence-corrected chi connectivity index (χ3v) is 8.32. The third kappa shape index (κ3) is 3.99. The lowest BCUT2D eigenvalue weighted by Gasteiger charge is -2.30. The van der Waals surface area contributed by atoms with Crippen molar-refractivity contribution in [2.24, 2.45) is 0 Å². The van der Waals surface area contributed by atoms with Crippen LogP contribution in [-0.4, -0.2) is 72.8 Å². The maximum atomic E-state index is 13.5. The molecule has 9 nitrogen and oxygen atoms in total. The van der Waals surface area contributed by atoms with Gasteiger partial charge in [0.1, 0.15) is 11.4 Å². The van der Waals surface area contributed by atoms with Gasteiger partial charge in [-0.2, -0.15) is 5.10 Å². The summed E-state index contributed by atoms with van der Waals surface area (Å²) in [6.07, 6.45) is 2.76. The molecule has 10 heteroatoms. The van der Waals surface area contributed by atoms with E-state index in [9.17, 15) is 18.0 Å². The Bertz CT molecular complexity index is 1150. The average Bonchev–Trinajstić information content (AvgIpc) is 3.46. The molecule has 0 saturated heterocycles. The maximum absolute atomic E-state index is 13.5. The number of ether oxygens (including phenoxy) is 2. The van der Waals surface area contributed by atoms with E-state index < -0.39 is 20.6 Å². The Labute approximate surface area is 187 Å². The normalized spacial score (nSPS) is 17.1. The first kappa shape index (κ1) is 22.3. The molecule has 2 heterocycles. The number of methoxy groups -OCH3 is 1. The largest absolute Gasteiger partial charge is 0.497 e. The van der Waals surface area contributed by atoms with E-state index in [1.807, 2.05) is 24.3 Å². The summed E-state index contributed by atoms with van der Waals surface area (Å²) in [6.45, 7) is 2.70. The van der Waals surface area contributed by atoms with Crippen LogP contribution >= 0.6 is 0 Å². The number of fused-ring (bicyclic) bond motifs is 1. The molecule has 1 amide bonds. The number of hydrogen-bond acceptors (Lipinski definition) is 7. The van der Waals surface area contributed by atoms with Gasteiger partial charge in [0.2, 0.25) is 0 Å². The highest BCUT2D eigenvalue weighted by molar-refractivity contribution is 7.92. The highest BCUT2D eigenvalue weighted by Gasteiger charge is 2.54. The van der Waals surface area contributed by atoms with E-state index in [-0.39, 0.29) is 31.3 Å². The summed E-state index contributed by atoms with van der Waals surface area (Å²) in [5.41, 5.74) is 1.90. The summed E-state index contributed by atoms with van der Waals surface area (Å²) in [5, 5.41) is 4.44. The maximum Gasteiger partial charge on any atom is 0.359 e. The van der Waals surface area contributed by atoms with Gasteiger partial charge in [-0.25, -0.2) is 13.2 Å². The number of carbonyl (C=O) groups excluding carboxylic acids is 2. The second-order valence-electron chi connectivity index (χ2n) is 8.33. The summed E-state index contributed by atoms with van der Waals surface area (Å²) >= 11 is 0. The molecular weight excluding hydrogens is 434 g/mol. The Balaban J connectivity index is 1.68. The topological polar surface area (TPSA) is 108 Å². The van der Waals surface area contributed by atoms with E-state index in [2.05, 4.69) is 5.10 Å². The Kier molecular flexibility index (Phi) is 5.74. The minimum Gasteiger partial charge on any atom is -0.497 e. The second-order valence-corrected chi connectivity index (χ2v) is 10.7. The Morgan fingerprint density at radius 1 is 1.22 bits per heavy atom. The van der Waals surface area contributed by atoms with Gasteiger partial charge in [0.05, 0.1) is 25.0 Å². The number of sulfone groups is 1. The molecule has 0 N–H and O–H groups in total. The van der Waals surface area contributed by atoms with Crippen LogP contribution in [0.15, 0.2) is 24.3 Å². The molecule has 0 spiro atoms. The molecule has 1 aliphatic carbocycles. The zero-order valence-corrected chi connectivity index (χ0v) is 19.3. The molecule has 0 atom stereocenters. The van der Waals surface area contributed by atoms with Crippen molar-refractivity contribution in [1.29, 1.82) is 0 Å². The molecule has 0 unspecified atom stereocenters. The van der Waals surface area contributed by atoms with Gasteiger partial charge < -0.3 is 14.4 Å². The Morgan fingerprint density at radius 3 is 2.47 bits per heavy atom. The zero-order valence-electron chi connectivity index (χ0n) is 18.5. The fourth-order valence-electron chi connectivity index (χ4n) is 4.14. The highest BCUT2D eigenvalue weighted by Crippen LogP contribution is 2.44. The number of carbonyl (C=O) groups is 2. The van der Waals surface area contributed by atoms with Crippen LogP contribution < -0.4 is 4.74 Å². The molecule has 1 aliphatic heterocycles. The molecule has 1 aromatic heterocycles. The van der Waals surface area contributed by atoms with Gasteiger partial charge in [-0.05, 0) is 43.9 Å². The number of benzene rings is 1. The fraction of sp³-hybridized carbons (Fsp3) is 0.500. The lowest BCUT2D eigenvalue weighted by molar-refractivity contribution is 0.0517. The molecular formula is C22H27N3O6S. The van der Waals surface area contributed by atoms with Crippen LogP contribution in [-0.2, 0) is 27.5 Å². The van der Waals surface area contributed by atoms with Gasteiger partial charge in [-0.1, -0.05) is 12.1 Å². The third-order valence-electron chi connectivity index (χ3n) is 6.21. The molecule has 1 saturated carbocycles. The van der Waals surface area contributed by atoms with Crippen LogP contribution in [0.3, 0.4) is 0 Å². The van der Waals surface area contributed by atoms with Crippen molar-refractivity contribution < 1.29 is 27.5 Å². The molecule has 0 bridgehead atoms. The number of amides is 1. The number of aromatic nitrogens is 2. The summed E-state index contributed by atoms with van der Waals surface area (Å²) in [7, 11) is -1.69. The predicted molar refractivity (Wildman–Crippen MR) is 117 cm³/mol. The predicted octanol–water partition coefficient (Wildman–Crippen LogP) is 1.69. The molecule has 2 aliphatic rings. The Hall–Kier alpha value is -2.88. The first-order chi connectivity index (χ1) is 15.2. The van der Waals surface area contributed by atoms with Crippen LogP contribution in [0, 0.1) is 0 Å². The second kappa shape index (κ2) is 8.23. The summed E-state index contributed by atoms with van der Waals surface area (Å²) in [4.78, 5) is 27.5. The van der Waals surface area contributed by atoms with Crippen molar-refractivity contribution >= 4 is 21.7 Å². The monoisotopic (exact) mass is 461 g/mol. The van der Waals surface area contributed by atoms with Crippen molar-refractivity contribution in [3.05, 3.63) is 46.8 Å². The summed E-state index contributed by atoms with van der Waals surface area (Å²) in [5.74, 6) is -0.160. The van der Waals surface area contributed by atoms with Crippen molar-refractivity contribution in [1.82, 2.24) is 14.7 Å². The summed E-state index contributed by atoms with van der Waals surface area (Å²) < 4.78 is 35.5. The van der Waals surface area contributed by atoms with Gasteiger partial charge in [0.25, 0.3) is 5.91 Å². The molecule has 32 heavy (non-hydrogen) atoms. The highest BCUT2D eigenvalue weighted by atomic mass is 32.2.